The molecular formula is C8H8F3N3O3. The molecule has 0 aliphatic rings. The van der Waals surface area contributed by atoms with Crippen molar-refractivity contribution in [3.63, 3.8) is 0 Å². The number of halogens is 3. The van der Waals surface area contributed by atoms with Crippen LogP contribution in [0.4, 0.5) is 19.0 Å². The van der Waals surface area contributed by atoms with E-state index in [0.29, 0.717) is 9.13 Å². The van der Waals surface area contributed by atoms with E-state index in [2.05, 4.69) is 0 Å². The molecule has 94 valence electrons. The third-order valence-corrected chi connectivity index (χ3v) is 2.19. The zero-order valence-electron chi connectivity index (χ0n) is 8.83. The summed E-state index contributed by atoms with van der Waals surface area (Å²) in [5.41, 5.74) is 1.65. The molecule has 1 aromatic heterocycles. The topological polar surface area (TPSA) is 87.1 Å². The van der Waals surface area contributed by atoms with E-state index in [9.17, 15) is 27.6 Å². The maximum atomic E-state index is 12.2. The van der Waals surface area contributed by atoms with E-state index >= 15 is 0 Å². The van der Waals surface area contributed by atoms with Crippen LogP contribution in [0.15, 0.2) is 9.59 Å². The van der Waals surface area contributed by atoms with Crippen LogP contribution in [0.5, 0.6) is 0 Å². The zero-order chi connectivity index (χ0) is 13.5. The molecule has 17 heavy (non-hydrogen) atoms. The molecule has 0 fully saturated rings. The first-order chi connectivity index (χ1) is 7.59. The van der Waals surface area contributed by atoms with Gasteiger partial charge in [-0.05, 0) is 0 Å². The molecular weight excluding hydrogens is 243 g/mol. The minimum atomic E-state index is -5.22. The van der Waals surface area contributed by atoms with Gasteiger partial charge in [0.05, 0.1) is 0 Å². The number of carbonyl (C=O) groups is 1. The van der Waals surface area contributed by atoms with E-state index in [0.717, 1.165) is 14.1 Å². The standard InChI is InChI=1S/C8H8F3N3O3/c1-13-5(12)3(4(15)8(9,10)11)6(16)14(2)7(13)17/h12H2,1-2H3. The van der Waals surface area contributed by atoms with Gasteiger partial charge in [0, 0.05) is 14.1 Å². The zero-order valence-corrected chi connectivity index (χ0v) is 8.83. The van der Waals surface area contributed by atoms with Gasteiger partial charge in [-0.3, -0.25) is 18.7 Å². The van der Waals surface area contributed by atoms with Crippen molar-refractivity contribution in [2.75, 3.05) is 5.73 Å². The smallest absolute Gasteiger partial charge is 0.384 e. The number of ketones is 1. The number of hydrogen-bond acceptors (Lipinski definition) is 4. The summed E-state index contributed by atoms with van der Waals surface area (Å²) < 4.78 is 37.6. The quantitative estimate of drug-likeness (QED) is 0.676. The first kappa shape index (κ1) is 13.0. The normalized spacial score (nSPS) is 11.6. The van der Waals surface area contributed by atoms with E-state index in [1.807, 2.05) is 0 Å². The lowest BCUT2D eigenvalue weighted by Crippen LogP contribution is -2.43. The summed E-state index contributed by atoms with van der Waals surface area (Å²) in [7, 11) is 2.02. The van der Waals surface area contributed by atoms with Gasteiger partial charge in [0.2, 0.25) is 0 Å². The lowest BCUT2D eigenvalue weighted by atomic mass is 10.2. The number of aromatic nitrogens is 2. The van der Waals surface area contributed by atoms with E-state index in [-0.39, 0.29) is 0 Å². The van der Waals surface area contributed by atoms with Crippen LogP contribution in [0.1, 0.15) is 10.4 Å². The Morgan fingerprint density at radius 1 is 1.18 bits per heavy atom. The van der Waals surface area contributed by atoms with Crippen LogP contribution in [-0.4, -0.2) is 21.1 Å². The van der Waals surface area contributed by atoms with E-state index in [1.165, 1.54) is 0 Å². The Bertz CT molecular complexity index is 597. The average molecular weight is 251 g/mol. The first-order valence-corrected chi connectivity index (χ1v) is 4.26. The molecule has 0 saturated carbocycles. The predicted octanol–water partition coefficient (Wildman–Crippen LogP) is -0.589. The SMILES string of the molecule is Cn1c(N)c(C(=O)C(F)(F)F)c(=O)n(C)c1=O. The second kappa shape index (κ2) is 3.75. The molecule has 0 unspecified atom stereocenters. The summed E-state index contributed by atoms with van der Waals surface area (Å²) in [5.74, 6) is -3.17. The fraction of sp³-hybridized carbons (Fsp3) is 0.375. The van der Waals surface area contributed by atoms with Gasteiger partial charge in [-0.15, -0.1) is 0 Å². The van der Waals surface area contributed by atoms with Crippen LogP contribution >= 0.6 is 0 Å². The highest BCUT2D eigenvalue weighted by atomic mass is 19.4. The molecule has 6 nitrogen and oxygen atoms in total. The molecule has 0 aliphatic carbocycles. The number of nitrogens with two attached hydrogens (primary N) is 1. The van der Waals surface area contributed by atoms with Crippen LogP contribution < -0.4 is 17.0 Å². The predicted molar refractivity (Wildman–Crippen MR) is 51.7 cm³/mol. The second-order valence-electron chi connectivity index (χ2n) is 3.29. The van der Waals surface area contributed by atoms with Crippen LogP contribution in [0.3, 0.4) is 0 Å². The molecule has 2 N–H and O–H groups in total. The van der Waals surface area contributed by atoms with E-state index in [4.69, 9.17) is 5.73 Å². The fourth-order valence-corrected chi connectivity index (χ4v) is 1.22. The van der Waals surface area contributed by atoms with Crippen molar-refractivity contribution >= 4 is 11.6 Å². The third-order valence-electron chi connectivity index (χ3n) is 2.19. The monoisotopic (exact) mass is 251 g/mol. The molecule has 1 heterocycles. The largest absolute Gasteiger partial charge is 0.455 e. The Kier molecular flexibility index (Phi) is 2.87. The van der Waals surface area contributed by atoms with Gasteiger partial charge in [-0.1, -0.05) is 0 Å². The molecule has 1 aromatic rings. The lowest BCUT2D eigenvalue weighted by Gasteiger charge is -2.11. The highest BCUT2D eigenvalue weighted by Gasteiger charge is 2.42. The van der Waals surface area contributed by atoms with Gasteiger partial charge in [-0.2, -0.15) is 13.2 Å². The van der Waals surface area contributed by atoms with Crippen LogP contribution in [0.2, 0.25) is 0 Å². The summed E-state index contributed by atoms with van der Waals surface area (Å²) >= 11 is 0. The number of rotatable bonds is 1. The van der Waals surface area contributed by atoms with Crippen LogP contribution in [0.25, 0.3) is 0 Å². The molecule has 0 radical (unpaired) electrons. The number of nitrogens with zero attached hydrogens (tertiary/aromatic N) is 2. The molecule has 0 spiro atoms. The molecule has 0 amide bonds. The molecule has 0 aromatic carbocycles. The highest BCUT2D eigenvalue weighted by Crippen LogP contribution is 2.21. The number of nitrogen functional groups attached to an aromatic ring is 1. The fourth-order valence-electron chi connectivity index (χ4n) is 1.22. The molecule has 9 heteroatoms. The minimum Gasteiger partial charge on any atom is -0.384 e. The minimum absolute atomic E-state index is 0.384. The van der Waals surface area contributed by atoms with Crippen molar-refractivity contribution in [1.82, 2.24) is 9.13 Å². The Morgan fingerprint density at radius 3 is 2.06 bits per heavy atom. The maximum Gasteiger partial charge on any atom is 0.455 e. The number of alkyl halides is 3. The van der Waals surface area contributed by atoms with Crippen molar-refractivity contribution in [2.24, 2.45) is 14.1 Å². The first-order valence-electron chi connectivity index (χ1n) is 4.26. The summed E-state index contributed by atoms with van der Waals surface area (Å²) in [4.78, 5) is 33.7. The van der Waals surface area contributed by atoms with Crippen LogP contribution in [0, 0.1) is 0 Å². The Balaban J connectivity index is 3.74. The Labute approximate surface area is 92.1 Å². The molecule has 1 rings (SSSR count). The van der Waals surface area contributed by atoms with Crippen molar-refractivity contribution in [3.05, 3.63) is 26.4 Å². The van der Waals surface area contributed by atoms with E-state index in [1.54, 1.807) is 0 Å². The molecule has 0 aliphatic heterocycles. The van der Waals surface area contributed by atoms with Gasteiger partial charge >= 0.3 is 11.9 Å². The maximum absolute atomic E-state index is 12.2. The Hall–Kier alpha value is -2.06. The van der Waals surface area contributed by atoms with Crippen molar-refractivity contribution < 1.29 is 18.0 Å². The highest BCUT2D eigenvalue weighted by molar-refractivity contribution is 6.03. The van der Waals surface area contributed by atoms with Gasteiger partial charge in [0.15, 0.2) is 0 Å². The average Bonchev–Trinajstić information content (AvgIpc) is 2.22. The van der Waals surface area contributed by atoms with E-state index < -0.39 is 34.6 Å². The van der Waals surface area contributed by atoms with Crippen LogP contribution in [-0.2, 0) is 14.1 Å². The summed E-state index contributed by atoms with van der Waals surface area (Å²) in [6.07, 6.45) is -5.22. The van der Waals surface area contributed by atoms with Gasteiger partial charge in [0.25, 0.3) is 11.3 Å². The number of Topliss-reactive ketones (excluding diaryl/α,β-unsaturated/α-hetero) is 1. The van der Waals surface area contributed by atoms with Crippen molar-refractivity contribution in [3.8, 4) is 0 Å². The Morgan fingerprint density at radius 2 is 1.65 bits per heavy atom. The molecule has 0 saturated heterocycles. The van der Waals surface area contributed by atoms with Gasteiger partial charge in [0.1, 0.15) is 11.4 Å². The third kappa shape index (κ3) is 1.95. The second-order valence-corrected chi connectivity index (χ2v) is 3.29. The number of hydrogen-bond donors (Lipinski definition) is 1. The number of anilines is 1. The molecule has 0 atom stereocenters. The summed E-state index contributed by atoms with van der Waals surface area (Å²) in [6.45, 7) is 0. The molecule has 0 bridgehead atoms. The summed E-state index contributed by atoms with van der Waals surface area (Å²) in [5, 5.41) is 0. The van der Waals surface area contributed by atoms with Gasteiger partial charge in [-0.25, -0.2) is 4.79 Å². The lowest BCUT2D eigenvalue weighted by molar-refractivity contribution is -0.0886. The van der Waals surface area contributed by atoms with Gasteiger partial charge < -0.3 is 5.73 Å². The number of carbonyl (C=O) groups excluding carboxylic acids is 1. The van der Waals surface area contributed by atoms with Crippen molar-refractivity contribution in [2.45, 2.75) is 6.18 Å². The summed E-state index contributed by atoms with van der Waals surface area (Å²) in [6, 6.07) is 0. The van der Waals surface area contributed by atoms with Crippen molar-refractivity contribution in [1.29, 1.82) is 0 Å².